The maximum atomic E-state index is 12.6. The fourth-order valence-electron chi connectivity index (χ4n) is 5.02. The zero-order chi connectivity index (χ0) is 13.5. The Morgan fingerprint density at radius 1 is 1.26 bits per heavy atom. The number of alkyl halides is 1. The lowest BCUT2D eigenvalue weighted by atomic mass is 9.49. The number of hydrogen-bond acceptors (Lipinski definition) is 2. The Kier molecular flexibility index (Phi) is 3.78. The molecule has 0 aromatic heterocycles. The van der Waals surface area contributed by atoms with Gasteiger partial charge in [0.15, 0.2) is 0 Å². The summed E-state index contributed by atoms with van der Waals surface area (Å²) < 4.78 is 5.00. The van der Waals surface area contributed by atoms with Crippen LogP contribution in [0.25, 0.3) is 0 Å². The minimum absolute atomic E-state index is 0.0571. The molecule has 4 saturated carbocycles. The maximum absolute atomic E-state index is 12.6. The van der Waals surface area contributed by atoms with Gasteiger partial charge >= 0.3 is 0 Å². The van der Waals surface area contributed by atoms with Crippen LogP contribution in [-0.4, -0.2) is 31.5 Å². The van der Waals surface area contributed by atoms with Crippen LogP contribution in [0.15, 0.2) is 0 Å². The van der Waals surface area contributed by atoms with E-state index in [4.69, 9.17) is 16.3 Å². The predicted molar refractivity (Wildman–Crippen MR) is 75.1 cm³/mol. The third-order valence-electron chi connectivity index (χ3n) is 5.35. The van der Waals surface area contributed by atoms with Crippen LogP contribution in [0, 0.1) is 23.2 Å². The molecule has 0 aromatic rings. The highest BCUT2D eigenvalue weighted by Gasteiger charge is 2.54. The third-order valence-corrected chi connectivity index (χ3v) is 5.63. The fraction of sp³-hybridized carbons (Fsp3) is 0.933. The van der Waals surface area contributed by atoms with Crippen molar-refractivity contribution in [2.75, 3.05) is 20.3 Å². The quantitative estimate of drug-likeness (QED) is 0.789. The smallest absolute Gasteiger partial charge is 0.226 e. The first-order valence-corrected chi connectivity index (χ1v) is 7.96. The Morgan fingerprint density at radius 3 is 2.26 bits per heavy atom. The number of carbonyl (C=O) groups is 1. The van der Waals surface area contributed by atoms with Crippen molar-refractivity contribution in [1.29, 1.82) is 0 Å². The first-order chi connectivity index (χ1) is 9.11. The van der Waals surface area contributed by atoms with Crippen molar-refractivity contribution in [3.05, 3.63) is 0 Å². The molecule has 0 aliphatic heterocycles. The summed E-state index contributed by atoms with van der Waals surface area (Å²) in [6.07, 6.45) is 7.45. The van der Waals surface area contributed by atoms with Crippen molar-refractivity contribution >= 4 is 17.5 Å². The summed E-state index contributed by atoms with van der Waals surface area (Å²) in [5, 5.41) is 2.95. The fourth-order valence-corrected chi connectivity index (χ4v) is 5.22. The van der Waals surface area contributed by atoms with Crippen molar-refractivity contribution in [1.82, 2.24) is 5.32 Å². The van der Waals surface area contributed by atoms with Crippen molar-refractivity contribution in [3.63, 3.8) is 0 Å². The molecule has 4 fully saturated rings. The Balaban J connectivity index is 1.60. The molecular weight excluding hydrogens is 262 g/mol. The van der Waals surface area contributed by atoms with E-state index in [-0.39, 0.29) is 16.7 Å². The molecule has 0 spiro atoms. The lowest BCUT2D eigenvalue weighted by Crippen LogP contribution is -2.54. The van der Waals surface area contributed by atoms with Crippen LogP contribution < -0.4 is 5.32 Å². The summed E-state index contributed by atoms with van der Waals surface area (Å²) in [5.41, 5.74) is -0.0571. The van der Waals surface area contributed by atoms with Gasteiger partial charge in [-0.2, -0.15) is 0 Å². The second-order valence-electron chi connectivity index (χ2n) is 6.96. The molecule has 1 N–H and O–H groups in total. The minimum Gasteiger partial charge on any atom is -0.383 e. The Labute approximate surface area is 120 Å². The highest BCUT2D eigenvalue weighted by molar-refractivity contribution is 6.21. The molecule has 4 rings (SSSR count). The molecule has 3 nitrogen and oxygen atoms in total. The zero-order valence-corrected chi connectivity index (χ0v) is 12.4. The van der Waals surface area contributed by atoms with Crippen LogP contribution in [0.2, 0.25) is 0 Å². The second-order valence-corrected chi connectivity index (χ2v) is 7.58. The molecule has 4 aliphatic carbocycles. The highest BCUT2D eigenvalue weighted by Crippen LogP contribution is 2.60. The summed E-state index contributed by atoms with van der Waals surface area (Å²) in [5.74, 6) is 2.68. The van der Waals surface area contributed by atoms with E-state index < -0.39 is 0 Å². The van der Waals surface area contributed by atoms with Crippen molar-refractivity contribution in [2.24, 2.45) is 23.2 Å². The number of carbonyl (C=O) groups excluding carboxylic acids is 1. The van der Waals surface area contributed by atoms with Crippen LogP contribution in [0.3, 0.4) is 0 Å². The van der Waals surface area contributed by atoms with Crippen LogP contribution >= 0.6 is 11.6 Å². The number of halogens is 1. The van der Waals surface area contributed by atoms with E-state index in [1.807, 2.05) is 0 Å². The number of nitrogens with one attached hydrogen (secondary N) is 1. The highest BCUT2D eigenvalue weighted by atomic mass is 35.5. The SMILES string of the molecule is COCC(Cl)CNC(=O)C12CC3CC(CC(C3)C1)C2. The number of hydrogen-bond donors (Lipinski definition) is 1. The summed E-state index contributed by atoms with van der Waals surface area (Å²) in [6.45, 7) is 1.01. The van der Waals surface area contributed by atoms with Gasteiger partial charge in [0.2, 0.25) is 5.91 Å². The van der Waals surface area contributed by atoms with Crippen molar-refractivity contribution in [3.8, 4) is 0 Å². The summed E-state index contributed by atoms with van der Waals surface area (Å²) in [6, 6.07) is 0. The first kappa shape index (κ1) is 13.7. The summed E-state index contributed by atoms with van der Waals surface area (Å²) >= 11 is 6.09. The normalized spacial score (nSPS) is 41.3. The van der Waals surface area contributed by atoms with Gasteiger partial charge in [-0.1, -0.05) is 0 Å². The summed E-state index contributed by atoms with van der Waals surface area (Å²) in [4.78, 5) is 12.6. The van der Waals surface area contributed by atoms with Crippen LogP contribution in [0.4, 0.5) is 0 Å². The number of amides is 1. The van der Waals surface area contributed by atoms with E-state index >= 15 is 0 Å². The lowest BCUT2D eigenvalue weighted by Gasteiger charge is -2.55. The Bertz CT molecular complexity index is 323. The second kappa shape index (κ2) is 5.25. The number of ether oxygens (including phenoxy) is 1. The molecule has 108 valence electrons. The van der Waals surface area contributed by atoms with Gasteiger partial charge in [-0.15, -0.1) is 11.6 Å². The third kappa shape index (κ3) is 2.64. The van der Waals surface area contributed by atoms with E-state index in [1.54, 1.807) is 7.11 Å². The molecule has 0 heterocycles. The van der Waals surface area contributed by atoms with Crippen molar-refractivity contribution in [2.45, 2.75) is 43.9 Å². The van der Waals surface area contributed by atoms with Gasteiger partial charge in [0.1, 0.15) is 0 Å². The zero-order valence-electron chi connectivity index (χ0n) is 11.7. The topological polar surface area (TPSA) is 38.3 Å². The average Bonchev–Trinajstić information content (AvgIpc) is 2.34. The Hall–Kier alpha value is -0.280. The van der Waals surface area contributed by atoms with Gasteiger partial charge in [0, 0.05) is 19.1 Å². The van der Waals surface area contributed by atoms with E-state index in [0.29, 0.717) is 13.2 Å². The minimum atomic E-state index is -0.122. The lowest BCUT2D eigenvalue weighted by molar-refractivity contribution is -0.146. The van der Waals surface area contributed by atoms with Crippen LogP contribution in [-0.2, 0) is 9.53 Å². The van der Waals surface area contributed by atoms with Crippen LogP contribution in [0.5, 0.6) is 0 Å². The largest absolute Gasteiger partial charge is 0.383 e. The van der Waals surface area contributed by atoms with Gasteiger partial charge in [-0.05, 0) is 56.3 Å². The molecule has 1 unspecified atom stereocenters. The van der Waals surface area contributed by atoms with E-state index in [2.05, 4.69) is 5.32 Å². The number of methoxy groups -OCH3 is 1. The molecule has 1 atom stereocenters. The Morgan fingerprint density at radius 2 is 1.79 bits per heavy atom. The molecular formula is C15H24ClNO2. The van der Waals surface area contributed by atoms with E-state index in [0.717, 1.165) is 37.0 Å². The van der Waals surface area contributed by atoms with Gasteiger partial charge in [0.25, 0.3) is 0 Å². The van der Waals surface area contributed by atoms with Crippen molar-refractivity contribution < 1.29 is 9.53 Å². The van der Waals surface area contributed by atoms with Gasteiger partial charge < -0.3 is 10.1 Å². The number of rotatable bonds is 5. The first-order valence-electron chi connectivity index (χ1n) is 7.52. The molecule has 0 radical (unpaired) electrons. The molecule has 19 heavy (non-hydrogen) atoms. The predicted octanol–water partition coefficient (Wildman–Crippen LogP) is 2.57. The van der Waals surface area contributed by atoms with E-state index in [9.17, 15) is 4.79 Å². The molecule has 1 amide bonds. The molecule has 0 saturated heterocycles. The molecule has 4 aliphatic rings. The monoisotopic (exact) mass is 285 g/mol. The molecule has 0 aromatic carbocycles. The van der Waals surface area contributed by atoms with E-state index in [1.165, 1.54) is 19.3 Å². The van der Waals surface area contributed by atoms with Crippen LogP contribution in [0.1, 0.15) is 38.5 Å². The standard InChI is InChI=1S/C15H24ClNO2/c1-19-9-13(16)8-17-14(18)15-5-10-2-11(6-15)4-12(3-10)7-15/h10-13H,2-9H2,1H3,(H,17,18). The van der Waals surface area contributed by atoms with Gasteiger partial charge in [-0.3, -0.25) is 4.79 Å². The average molecular weight is 286 g/mol. The van der Waals surface area contributed by atoms with Gasteiger partial charge in [-0.25, -0.2) is 0 Å². The molecule has 4 bridgehead atoms. The molecule has 4 heteroatoms. The maximum Gasteiger partial charge on any atom is 0.226 e. The van der Waals surface area contributed by atoms with Gasteiger partial charge in [0.05, 0.1) is 12.0 Å². The summed E-state index contributed by atoms with van der Waals surface area (Å²) in [7, 11) is 1.64.